The summed E-state index contributed by atoms with van der Waals surface area (Å²) in [5.74, 6) is -0.435. The minimum absolute atomic E-state index is 0.210. The first-order chi connectivity index (χ1) is 5.33. The lowest BCUT2D eigenvalue weighted by Gasteiger charge is -1.86. The summed E-state index contributed by atoms with van der Waals surface area (Å²) in [5.41, 5.74) is 7.91. The van der Waals surface area contributed by atoms with Gasteiger partial charge in [0, 0.05) is 16.2 Å². The predicted octanol–water partition coefficient (Wildman–Crippen LogP) is 2.13. The number of nitrogens with zero attached hydrogens (tertiary/aromatic N) is 3. The maximum absolute atomic E-state index is 10.7. The molecule has 1 aromatic heterocycles. The van der Waals surface area contributed by atoms with E-state index >= 15 is 0 Å². The maximum Gasteiger partial charge on any atom is 0.224 e. The Balaban J connectivity index is 2.57. The fourth-order valence-electron chi connectivity index (χ4n) is 0.647. The number of thiophene rings is 1. The molecule has 0 N–H and O–H groups in total. The van der Waals surface area contributed by atoms with E-state index in [0.717, 1.165) is 4.88 Å². The summed E-state index contributed by atoms with van der Waals surface area (Å²) in [6.07, 6.45) is 0.210. The van der Waals surface area contributed by atoms with Gasteiger partial charge in [-0.1, -0.05) is 6.07 Å². The minimum Gasteiger partial charge on any atom is -0.292 e. The van der Waals surface area contributed by atoms with Crippen molar-refractivity contribution in [3.63, 3.8) is 0 Å². The van der Waals surface area contributed by atoms with Crippen molar-refractivity contribution in [3.8, 4) is 0 Å². The first-order valence-corrected chi connectivity index (χ1v) is 3.81. The third-order valence-corrected chi connectivity index (χ3v) is 1.94. The van der Waals surface area contributed by atoms with Crippen molar-refractivity contribution in [1.29, 1.82) is 0 Å². The van der Waals surface area contributed by atoms with Crippen LogP contribution < -0.4 is 0 Å². The molecule has 0 atom stereocenters. The number of azide groups is 1. The Labute approximate surface area is 67.1 Å². The number of hydrogen-bond acceptors (Lipinski definition) is 2. The molecule has 0 saturated carbocycles. The Kier molecular flexibility index (Phi) is 2.66. The number of amides is 1. The summed E-state index contributed by atoms with van der Waals surface area (Å²) in [5, 5.41) is 4.82. The normalized spacial score (nSPS) is 8.73. The average molecular weight is 167 g/mol. The second-order valence-corrected chi connectivity index (χ2v) is 2.87. The highest BCUT2D eigenvalue weighted by molar-refractivity contribution is 7.10. The number of carbonyl (C=O) groups is 1. The van der Waals surface area contributed by atoms with E-state index in [2.05, 4.69) is 10.0 Å². The molecule has 0 aliphatic rings. The van der Waals surface area contributed by atoms with E-state index in [4.69, 9.17) is 5.53 Å². The highest BCUT2D eigenvalue weighted by atomic mass is 32.1. The topological polar surface area (TPSA) is 65.8 Å². The minimum atomic E-state index is -0.435. The van der Waals surface area contributed by atoms with Gasteiger partial charge >= 0.3 is 0 Å². The molecule has 1 rings (SSSR count). The van der Waals surface area contributed by atoms with Crippen molar-refractivity contribution in [2.45, 2.75) is 6.42 Å². The van der Waals surface area contributed by atoms with Gasteiger partial charge in [-0.3, -0.25) is 4.79 Å². The molecule has 0 fully saturated rings. The van der Waals surface area contributed by atoms with Crippen LogP contribution in [-0.4, -0.2) is 5.91 Å². The Morgan fingerprint density at radius 3 is 3.18 bits per heavy atom. The van der Waals surface area contributed by atoms with Crippen molar-refractivity contribution in [2.75, 3.05) is 0 Å². The monoisotopic (exact) mass is 167 g/mol. The van der Waals surface area contributed by atoms with Gasteiger partial charge in [0.05, 0.1) is 0 Å². The quantitative estimate of drug-likeness (QED) is 0.378. The van der Waals surface area contributed by atoms with Gasteiger partial charge in [0.25, 0.3) is 0 Å². The molecule has 5 heteroatoms. The molecule has 0 bridgehead atoms. The Hall–Kier alpha value is -1.32. The van der Waals surface area contributed by atoms with E-state index < -0.39 is 5.91 Å². The Bertz CT molecular complexity index is 287. The van der Waals surface area contributed by atoms with Crippen molar-refractivity contribution >= 4 is 17.2 Å². The molecule has 1 amide bonds. The maximum atomic E-state index is 10.7. The Morgan fingerprint density at radius 2 is 2.64 bits per heavy atom. The summed E-state index contributed by atoms with van der Waals surface area (Å²) < 4.78 is 0. The van der Waals surface area contributed by atoms with Crippen LogP contribution in [0.2, 0.25) is 0 Å². The molecular formula is C6H5N3OS. The SMILES string of the molecule is [N-]=[N+]=NC(=O)Cc1cccs1. The summed E-state index contributed by atoms with van der Waals surface area (Å²) in [6.45, 7) is 0. The first-order valence-electron chi connectivity index (χ1n) is 2.93. The molecule has 0 radical (unpaired) electrons. The third kappa shape index (κ3) is 2.41. The first kappa shape index (κ1) is 7.78. The van der Waals surface area contributed by atoms with Crippen LogP contribution in [0.4, 0.5) is 0 Å². The predicted molar refractivity (Wildman–Crippen MR) is 42.2 cm³/mol. The zero-order valence-corrected chi connectivity index (χ0v) is 6.41. The fourth-order valence-corrected chi connectivity index (χ4v) is 1.34. The summed E-state index contributed by atoms with van der Waals surface area (Å²) in [7, 11) is 0. The van der Waals surface area contributed by atoms with Crippen LogP contribution in [0.1, 0.15) is 4.88 Å². The fraction of sp³-hybridized carbons (Fsp3) is 0.167. The van der Waals surface area contributed by atoms with Gasteiger partial charge < -0.3 is 0 Å². The molecule has 0 saturated heterocycles. The van der Waals surface area contributed by atoms with Crippen molar-refractivity contribution in [1.82, 2.24) is 0 Å². The summed E-state index contributed by atoms with van der Waals surface area (Å²) in [6, 6.07) is 3.68. The van der Waals surface area contributed by atoms with Crippen molar-refractivity contribution in [3.05, 3.63) is 32.8 Å². The van der Waals surface area contributed by atoms with Gasteiger partial charge in [-0.2, -0.15) is 0 Å². The molecule has 0 aliphatic heterocycles. The molecule has 1 heterocycles. The molecule has 0 unspecified atom stereocenters. The molecule has 0 aromatic carbocycles. The van der Waals surface area contributed by atoms with E-state index in [-0.39, 0.29) is 6.42 Å². The standard InChI is InChI=1S/C6H5N3OS/c7-9-8-6(10)4-5-2-1-3-11-5/h1-3H,4H2. The van der Waals surface area contributed by atoms with E-state index in [1.165, 1.54) is 11.3 Å². The van der Waals surface area contributed by atoms with Crippen LogP contribution in [0.15, 0.2) is 22.6 Å². The van der Waals surface area contributed by atoms with E-state index in [1.807, 2.05) is 17.5 Å². The van der Waals surface area contributed by atoms with E-state index in [9.17, 15) is 4.79 Å². The van der Waals surface area contributed by atoms with Gasteiger partial charge in [0.15, 0.2) is 0 Å². The number of rotatable bonds is 2. The van der Waals surface area contributed by atoms with Crippen LogP contribution >= 0.6 is 11.3 Å². The van der Waals surface area contributed by atoms with Crippen LogP contribution in [0, 0.1) is 0 Å². The van der Waals surface area contributed by atoms with Crippen LogP contribution in [-0.2, 0) is 11.2 Å². The van der Waals surface area contributed by atoms with Crippen molar-refractivity contribution in [2.24, 2.45) is 5.11 Å². The van der Waals surface area contributed by atoms with Gasteiger partial charge in [-0.05, 0) is 22.1 Å². The highest BCUT2D eigenvalue weighted by Crippen LogP contribution is 2.09. The average Bonchev–Trinajstić information content (AvgIpc) is 2.40. The lowest BCUT2D eigenvalue weighted by atomic mass is 10.3. The van der Waals surface area contributed by atoms with Crippen LogP contribution in [0.5, 0.6) is 0 Å². The van der Waals surface area contributed by atoms with Gasteiger partial charge in [-0.15, -0.1) is 11.3 Å². The molecule has 56 valence electrons. The molecule has 0 aliphatic carbocycles. The lowest BCUT2D eigenvalue weighted by molar-refractivity contribution is -0.117. The lowest BCUT2D eigenvalue weighted by Crippen LogP contribution is -1.94. The molecule has 0 spiro atoms. The van der Waals surface area contributed by atoms with Crippen LogP contribution in [0.3, 0.4) is 0 Å². The van der Waals surface area contributed by atoms with E-state index in [0.29, 0.717) is 0 Å². The zero-order valence-electron chi connectivity index (χ0n) is 5.60. The van der Waals surface area contributed by atoms with Gasteiger partial charge in [0.2, 0.25) is 5.91 Å². The largest absolute Gasteiger partial charge is 0.292 e. The molecule has 1 aromatic rings. The summed E-state index contributed by atoms with van der Waals surface area (Å²) >= 11 is 1.47. The van der Waals surface area contributed by atoms with Crippen LogP contribution in [0.25, 0.3) is 10.4 Å². The zero-order chi connectivity index (χ0) is 8.10. The van der Waals surface area contributed by atoms with E-state index in [1.54, 1.807) is 0 Å². The molecular weight excluding hydrogens is 162 g/mol. The van der Waals surface area contributed by atoms with Gasteiger partial charge in [-0.25, -0.2) is 0 Å². The smallest absolute Gasteiger partial charge is 0.224 e. The molecule has 11 heavy (non-hydrogen) atoms. The highest BCUT2D eigenvalue weighted by Gasteiger charge is 1.99. The number of hydrogen-bond donors (Lipinski definition) is 0. The number of carbonyl (C=O) groups excluding carboxylic acids is 1. The second-order valence-electron chi connectivity index (χ2n) is 1.84. The third-order valence-electron chi connectivity index (χ3n) is 1.06. The van der Waals surface area contributed by atoms with Gasteiger partial charge in [0.1, 0.15) is 0 Å². The second kappa shape index (κ2) is 3.75. The van der Waals surface area contributed by atoms with Crippen molar-refractivity contribution < 1.29 is 4.79 Å². The summed E-state index contributed by atoms with van der Waals surface area (Å²) in [4.78, 5) is 14.0. The molecule has 4 nitrogen and oxygen atoms in total. The Morgan fingerprint density at radius 1 is 1.82 bits per heavy atom.